The topological polar surface area (TPSA) is 59.9 Å². The van der Waals surface area contributed by atoms with Crippen molar-refractivity contribution >= 4 is 35.5 Å². The second kappa shape index (κ2) is 12.2. The van der Waals surface area contributed by atoms with E-state index in [9.17, 15) is 4.79 Å². The van der Waals surface area contributed by atoms with E-state index in [-0.39, 0.29) is 5.91 Å². The van der Waals surface area contributed by atoms with Crippen LogP contribution in [0.5, 0.6) is 11.5 Å². The maximum Gasteiger partial charge on any atom is 0.250 e. The van der Waals surface area contributed by atoms with E-state index in [1.165, 1.54) is 17.3 Å². The van der Waals surface area contributed by atoms with Gasteiger partial charge in [0.2, 0.25) is 5.91 Å². The van der Waals surface area contributed by atoms with Crippen LogP contribution in [-0.4, -0.2) is 24.5 Å². The number of nitrogens with one attached hydrogen (secondary N) is 1. The Labute approximate surface area is 197 Å². The number of carbonyl (C=O) groups excluding carboxylic acids is 1. The quantitative estimate of drug-likeness (QED) is 0.230. The van der Waals surface area contributed by atoms with Gasteiger partial charge in [-0.15, -0.1) is 11.8 Å². The van der Waals surface area contributed by atoms with Crippen molar-refractivity contribution in [3.63, 3.8) is 0 Å². The Morgan fingerprint density at radius 3 is 2.62 bits per heavy atom. The molecule has 0 aromatic heterocycles. The summed E-state index contributed by atoms with van der Waals surface area (Å²) in [5.74, 6) is 1.36. The molecular formula is C25H25ClN2O3S. The molecule has 1 N–H and O–H groups in total. The van der Waals surface area contributed by atoms with Crippen LogP contribution >= 0.6 is 23.4 Å². The van der Waals surface area contributed by atoms with Crippen molar-refractivity contribution in [3.8, 4) is 11.5 Å². The highest BCUT2D eigenvalue weighted by molar-refractivity contribution is 8.00. The van der Waals surface area contributed by atoms with Crippen molar-refractivity contribution in [1.82, 2.24) is 5.43 Å². The van der Waals surface area contributed by atoms with E-state index in [2.05, 4.69) is 10.5 Å². The molecule has 0 spiro atoms. The Bertz CT molecular complexity index is 1070. The molecule has 0 saturated carbocycles. The highest BCUT2D eigenvalue weighted by atomic mass is 35.5. The van der Waals surface area contributed by atoms with Crippen LogP contribution in [-0.2, 0) is 11.4 Å². The number of aryl methyl sites for hydroxylation is 1. The normalized spacial score (nSPS) is 10.8. The molecule has 3 aromatic carbocycles. The van der Waals surface area contributed by atoms with E-state index in [0.29, 0.717) is 35.5 Å². The number of amides is 1. The Kier molecular flexibility index (Phi) is 9.01. The molecule has 7 heteroatoms. The van der Waals surface area contributed by atoms with Crippen LogP contribution in [0.15, 0.2) is 76.7 Å². The van der Waals surface area contributed by atoms with Crippen LogP contribution in [0.2, 0.25) is 5.02 Å². The summed E-state index contributed by atoms with van der Waals surface area (Å²) in [6, 6.07) is 21.1. The van der Waals surface area contributed by atoms with Gasteiger partial charge in [-0.2, -0.15) is 5.10 Å². The van der Waals surface area contributed by atoms with E-state index in [4.69, 9.17) is 21.1 Å². The van der Waals surface area contributed by atoms with Gasteiger partial charge in [0.25, 0.3) is 0 Å². The maximum atomic E-state index is 12.0. The average molecular weight is 469 g/mol. The summed E-state index contributed by atoms with van der Waals surface area (Å²) in [4.78, 5) is 13.1. The molecule has 0 aliphatic carbocycles. The maximum absolute atomic E-state index is 12.0. The lowest BCUT2D eigenvalue weighted by atomic mass is 10.2. The zero-order valence-electron chi connectivity index (χ0n) is 18.0. The molecule has 0 aliphatic heterocycles. The first-order chi connectivity index (χ1) is 15.5. The van der Waals surface area contributed by atoms with Gasteiger partial charge in [0.1, 0.15) is 6.61 Å². The molecule has 166 valence electrons. The van der Waals surface area contributed by atoms with Crippen molar-refractivity contribution in [2.45, 2.75) is 25.3 Å². The van der Waals surface area contributed by atoms with Gasteiger partial charge in [0.15, 0.2) is 11.5 Å². The van der Waals surface area contributed by atoms with Crippen LogP contribution in [0.25, 0.3) is 0 Å². The molecule has 3 rings (SSSR count). The molecule has 0 aliphatic rings. The minimum Gasteiger partial charge on any atom is -0.490 e. The molecule has 1 amide bonds. The molecular weight excluding hydrogens is 444 g/mol. The fraction of sp³-hybridized carbons (Fsp3) is 0.200. The second-order valence-corrected chi connectivity index (χ2v) is 8.44. The summed E-state index contributed by atoms with van der Waals surface area (Å²) < 4.78 is 11.6. The van der Waals surface area contributed by atoms with Gasteiger partial charge in [-0.1, -0.05) is 41.4 Å². The standard InChI is InChI=1S/C25H25ClN2O3S/c1-3-30-24-14-19(9-12-23(24)31-16-20-5-4-6-21(26)13-20)15-27-28-25(29)17-32-22-10-7-18(2)8-11-22/h4-15H,3,16-17H2,1-2H3,(H,28,29)/b27-15+. The first-order valence-corrected chi connectivity index (χ1v) is 11.6. The number of rotatable bonds is 10. The SMILES string of the molecule is CCOc1cc(/C=N/NC(=O)CSc2ccc(C)cc2)ccc1OCc1cccc(Cl)c1. The molecule has 0 atom stereocenters. The molecule has 0 bridgehead atoms. The predicted octanol–water partition coefficient (Wildman–Crippen LogP) is 5.87. The Morgan fingerprint density at radius 2 is 1.88 bits per heavy atom. The van der Waals surface area contributed by atoms with Gasteiger partial charge in [0.05, 0.1) is 18.6 Å². The number of hydrazone groups is 1. The van der Waals surface area contributed by atoms with Gasteiger partial charge >= 0.3 is 0 Å². The monoisotopic (exact) mass is 468 g/mol. The van der Waals surface area contributed by atoms with Crippen LogP contribution in [0, 0.1) is 6.92 Å². The van der Waals surface area contributed by atoms with Crippen molar-refractivity contribution in [3.05, 3.63) is 88.4 Å². The largest absolute Gasteiger partial charge is 0.490 e. The number of thioether (sulfide) groups is 1. The summed E-state index contributed by atoms with van der Waals surface area (Å²) >= 11 is 7.50. The molecule has 0 saturated heterocycles. The van der Waals surface area contributed by atoms with Crippen LogP contribution in [0.3, 0.4) is 0 Å². The van der Waals surface area contributed by atoms with E-state index in [1.807, 2.05) is 80.6 Å². The van der Waals surface area contributed by atoms with E-state index < -0.39 is 0 Å². The predicted molar refractivity (Wildman–Crippen MR) is 131 cm³/mol. The lowest BCUT2D eigenvalue weighted by molar-refractivity contribution is -0.118. The molecule has 0 radical (unpaired) electrons. The van der Waals surface area contributed by atoms with Crippen molar-refractivity contribution in [1.29, 1.82) is 0 Å². The van der Waals surface area contributed by atoms with Gasteiger partial charge in [-0.05, 0) is 67.4 Å². The molecule has 0 unspecified atom stereocenters. The van der Waals surface area contributed by atoms with Crippen LogP contribution in [0.1, 0.15) is 23.6 Å². The van der Waals surface area contributed by atoms with E-state index in [1.54, 1.807) is 6.21 Å². The first kappa shape index (κ1) is 23.7. The molecule has 32 heavy (non-hydrogen) atoms. The number of ether oxygens (including phenoxy) is 2. The third-order valence-corrected chi connectivity index (χ3v) is 5.59. The lowest BCUT2D eigenvalue weighted by Gasteiger charge is -2.12. The second-order valence-electron chi connectivity index (χ2n) is 6.95. The van der Waals surface area contributed by atoms with Gasteiger partial charge in [0, 0.05) is 9.92 Å². The molecule has 3 aromatic rings. The summed E-state index contributed by atoms with van der Waals surface area (Å²) in [6.45, 7) is 4.82. The minimum absolute atomic E-state index is 0.168. The fourth-order valence-electron chi connectivity index (χ4n) is 2.77. The highest BCUT2D eigenvalue weighted by Crippen LogP contribution is 2.29. The zero-order chi connectivity index (χ0) is 22.8. The minimum atomic E-state index is -0.168. The van der Waals surface area contributed by atoms with Gasteiger partial charge < -0.3 is 9.47 Å². The lowest BCUT2D eigenvalue weighted by Crippen LogP contribution is -2.19. The summed E-state index contributed by atoms with van der Waals surface area (Å²) in [5, 5.41) is 4.72. The number of benzene rings is 3. The smallest absolute Gasteiger partial charge is 0.250 e. The van der Waals surface area contributed by atoms with Crippen molar-refractivity contribution in [2.24, 2.45) is 5.10 Å². The van der Waals surface area contributed by atoms with Crippen molar-refractivity contribution in [2.75, 3.05) is 12.4 Å². The summed E-state index contributed by atoms with van der Waals surface area (Å²) in [6.07, 6.45) is 1.58. The van der Waals surface area contributed by atoms with Crippen molar-refractivity contribution < 1.29 is 14.3 Å². The Morgan fingerprint density at radius 1 is 1.06 bits per heavy atom. The molecule has 0 fully saturated rings. The number of carbonyl (C=O) groups is 1. The third-order valence-electron chi connectivity index (χ3n) is 4.34. The number of hydrogen-bond acceptors (Lipinski definition) is 5. The van der Waals surface area contributed by atoms with Crippen LogP contribution in [0.4, 0.5) is 0 Å². The summed E-state index contributed by atoms with van der Waals surface area (Å²) in [5.41, 5.74) is 5.50. The fourth-order valence-corrected chi connectivity index (χ4v) is 3.68. The number of halogens is 1. The van der Waals surface area contributed by atoms with E-state index in [0.717, 1.165) is 16.0 Å². The average Bonchev–Trinajstić information content (AvgIpc) is 2.78. The molecule has 5 nitrogen and oxygen atoms in total. The number of hydrogen-bond donors (Lipinski definition) is 1. The molecule has 0 heterocycles. The highest BCUT2D eigenvalue weighted by Gasteiger charge is 2.07. The Balaban J connectivity index is 1.54. The number of nitrogens with zero attached hydrogens (tertiary/aromatic N) is 1. The van der Waals surface area contributed by atoms with Gasteiger partial charge in [-0.25, -0.2) is 5.43 Å². The van der Waals surface area contributed by atoms with E-state index >= 15 is 0 Å². The first-order valence-electron chi connectivity index (χ1n) is 10.2. The summed E-state index contributed by atoms with van der Waals surface area (Å²) in [7, 11) is 0. The van der Waals surface area contributed by atoms with Gasteiger partial charge in [-0.3, -0.25) is 4.79 Å². The Hall–Kier alpha value is -2.96. The third kappa shape index (κ3) is 7.62. The van der Waals surface area contributed by atoms with Crippen LogP contribution < -0.4 is 14.9 Å². The zero-order valence-corrected chi connectivity index (χ0v) is 19.6.